The number of nitrogens with one attached hydrogen (secondary N) is 1. The van der Waals surface area contributed by atoms with E-state index in [4.69, 9.17) is 23.2 Å². The van der Waals surface area contributed by atoms with Crippen molar-refractivity contribution in [3.8, 4) is 0 Å². The van der Waals surface area contributed by atoms with E-state index in [1.54, 1.807) is 37.2 Å². The quantitative estimate of drug-likeness (QED) is 0.847. The Kier molecular flexibility index (Phi) is 6.76. The van der Waals surface area contributed by atoms with Gasteiger partial charge >= 0.3 is 0 Å². The van der Waals surface area contributed by atoms with Gasteiger partial charge in [0.05, 0.1) is 6.10 Å². The Bertz CT molecular complexity index is 446. The van der Waals surface area contributed by atoms with E-state index in [2.05, 4.69) is 5.32 Å². The number of hydrogen-bond acceptors (Lipinski definition) is 3. The van der Waals surface area contributed by atoms with Gasteiger partial charge in [-0.2, -0.15) is 0 Å². The zero-order valence-corrected chi connectivity index (χ0v) is 13.4. The number of halogens is 2. The molecule has 1 rings (SSSR count). The summed E-state index contributed by atoms with van der Waals surface area (Å²) in [5.74, 6) is 0.0373. The van der Waals surface area contributed by atoms with Gasteiger partial charge < -0.3 is 15.3 Å². The van der Waals surface area contributed by atoms with Gasteiger partial charge in [-0.3, -0.25) is 4.79 Å². The van der Waals surface area contributed by atoms with Gasteiger partial charge in [0.2, 0.25) is 5.91 Å². The fourth-order valence-corrected chi connectivity index (χ4v) is 2.41. The molecule has 0 heterocycles. The van der Waals surface area contributed by atoms with Crippen LogP contribution in [0.2, 0.25) is 10.0 Å². The fraction of sp³-hybridized carbons (Fsp3) is 0.500. The van der Waals surface area contributed by atoms with Gasteiger partial charge in [0, 0.05) is 48.7 Å². The Labute approximate surface area is 129 Å². The Hall–Kier alpha value is -0.810. The first-order valence-corrected chi connectivity index (χ1v) is 7.14. The maximum atomic E-state index is 11.6. The number of amides is 1. The molecule has 0 fully saturated rings. The second-order valence-electron chi connectivity index (χ2n) is 4.95. The minimum atomic E-state index is -0.812. The summed E-state index contributed by atoms with van der Waals surface area (Å²) in [6.45, 7) is 2.17. The molecule has 0 spiro atoms. The molecule has 6 heteroatoms. The molecule has 4 nitrogen and oxygen atoms in total. The van der Waals surface area contributed by atoms with Crippen molar-refractivity contribution in [2.45, 2.75) is 25.5 Å². The van der Waals surface area contributed by atoms with Crippen LogP contribution in [0.25, 0.3) is 0 Å². The summed E-state index contributed by atoms with van der Waals surface area (Å²) in [6, 6.07) is 5.06. The van der Waals surface area contributed by atoms with E-state index in [1.165, 1.54) is 0 Å². The summed E-state index contributed by atoms with van der Waals surface area (Å²) in [7, 11) is 3.43. The number of carbonyl (C=O) groups is 1. The van der Waals surface area contributed by atoms with Crippen LogP contribution < -0.4 is 5.32 Å². The highest BCUT2D eigenvalue weighted by Gasteiger charge is 2.17. The van der Waals surface area contributed by atoms with Crippen LogP contribution in [0.15, 0.2) is 18.2 Å². The van der Waals surface area contributed by atoms with E-state index in [1.807, 2.05) is 6.92 Å². The first-order valence-electron chi connectivity index (χ1n) is 6.38. The molecule has 1 amide bonds. The molecule has 0 aromatic heterocycles. The van der Waals surface area contributed by atoms with Crippen LogP contribution in [-0.4, -0.2) is 42.6 Å². The minimum absolute atomic E-state index is 0.0373. The highest BCUT2D eigenvalue weighted by Crippen LogP contribution is 2.29. The van der Waals surface area contributed by atoms with Crippen LogP contribution >= 0.6 is 23.2 Å². The number of nitrogens with zero attached hydrogens (tertiary/aromatic N) is 1. The summed E-state index contributed by atoms with van der Waals surface area (Å²) in [5, 5.41) is 14.1. The Morgan fingerprint density at radius 3 is 2.40 bits per heavy atom. The molecule has 0 saturated carbocycles. The molecule has 2 unspecified atom stereocenters. The largest absolute Gasteiger partial charge is 0.387 e. The normalized spacial score (nSPS) is 13.9. The van der Waals surface area contributed by atoms with Crippen molar-refractivity contribution >= 4 is 29.1 Å². The molecule has 0 bridgehead atoms. The molecule has 0 aliphatic rings. The Morgan fingerprint density at radius 2 is 1.90 bits per heavy atom. The first kappa shape index (κ1) is 17.2. The first-order chi connectivity index (χ1) is 9.32. The van der Waals surface area contributed by atoms with E-state index in [-0.39, 0.29) is 18.5 Å². The van der Waals surface area contributed by atoms with E-state index in [9.17, 15) is 9.90 Å². The van der Waals surface area contributed by atoms with Crippen LogP contribution in [0.5, 0.6) is 0 Å². The summed E-state index contributed by atoms with van der Waals surface area (Å²) in [5.41, 5.74) is 0.509. The third-order valence-electron chi connectivity index (χ3n) is 2.97. The fourth-order valence-electron chi connectivity index (χ4n) is 1.76. The molecule has 0 aliphatic heterocycles. The molecule has 2 atom stereocenters. The van der Waals surface area contributed by atoms with Crippen molar-refractivity contribution in [2.75, 3.05) is 20.6 Å². The lowest BCUT2D eigenvalue weighted by molar-refractivity contribution is -0.129. The monoisotopic (exact) mass is 318 g/mol. The van der Waals surface area contributed by atoms with Gasteiger partial charge in [-0.15, -0.1) is 0 Å². The van der Waals surface area contributed by atoms with Gasteiger partial charge in [-0.25, -0.2) is 0 Å². The lowest BCUT2D eigenvalue weighted by atomic mass is 10.1. The van der Waals surface area contributed by atoms with Crippen LogP contribution in [0.3, 0.4) is 0 Å². The van der Waals surface area contributed by atoms with Gasteiger partial charge in [-0.1, -0.05) is 29.3 Å². The highest BCUT2D eigenvalue weighted by atomic mass is 35.5. The van der Waals surface area contributed by atoms with Crippen molar-refractivity contribution in [1.29, 1.82) is 0 Å². The lowest BCUT2D eigenvalue weighted by Gasteiger charge is -2.20. The van der Waals surface area contributed by atoms with E-state index in [0.717, 1.165) is 0 Å². The molecule has 0 aliphatic carbocycles. The molecule has 1 aromatic carbocycles. The zero-order chi connectivity index (χ0) is 15.3. The predicted molar refractivity (Wildman–Crippen MR) is 82.2 cm³/mol. The second kappa shape index (κ2) is 7.84. The van der Waals surface area contributed by atoms with E-state index in [0.29, 0.717) is 22.0 Å². The SMILES string of the molecule is CC(CC(=O)N(C)C)NCC(O)c1c(Cl)cccc1Cl. The molecule has 1 aromatic rings. The van der Waals surface area contributed by atoms with Gasteiger partial charge in [0.25, 0.3) is 0 Å². The van der Waals surface area contributed by atoms with Crippen molar-refractivity contribution in [1.82, 2.24) is 10.2 Å². The van der Waals surface area contributed by atoms with Gasteiger partial charge in [-0.05, 0) is 19.1 Å². The molecule has 0 saturated heterocycles. The number of aliphatic hydroxyl groups excluding tert-OH is 1. The van der Waals surface area contributed by atoms with Crippen LogP contribution in [0.4, 0.5) is 0 Å². The minimum Gasteiger partial charge on any atom is -0.387 e. The van der Waals surface area contributed by atoms with Crippen LogP contribution in [0, 0.1) is 0 Å². The lowest BCUT2D eigenvalue weighted by Crippen LogP contribution is -2.35. The highest BCUT2D eigenvalue weighted by molar-refractivity contribution is 6.36. The number of carbonyl (C=O) groups excluding carboxylic acids is 1. The van der Waals surface area contributed by atoms with Crippen molar-refractivity contribution in [2.24, 2.45) is 0 Å². The third kappa shape index (κ3) is 4.94. The number of aliphatic hydroxyl groups is 1. The van der Waals surface area contributed by atoms with E-state index < -0.39 is 6.10 Å². The third-order valence-corrected chi connectivity index (χ3v) is 3.63. The number of benzene rings is 1. The van der Waals surface area contributed by atoms with Crippen LogP contribution in [0.1, 0.15) is 25.0 Å². The van der Waals surface area contributed by atoms with E-state index >= 15 is 0 Å². The maximum absolute atomic E-state index is 11.6. The number of hydrogen-bond donors (Lipinski definition) is 2. The van der Waals surface area contributed by atoms with Crippen LogP contribution in [-0.2, 0) is 4.79 Å². The summed E-state index contributed by atoms with van der Waals surface area (Å²) in [4.78, 5) is 13.1. The predicted octanol–water partition coefficient (Wildman–Crippen LogP) is 2.48. The topological polar surface area (TPSA) is 52.6 Å². The van der Waals surface area contributed by atoms with Crippen molar-refractivity contribution in [3.63, 3.8) is 0 Å². The smallest absolute Gasteiger partial charge is 0.223 e. The summed E-state index contributed by atoms with van der Waals surface area (Å²) < 4.78 is 0. The average Bonchev–Trinajstić information content (AvgIpc) is 2.36. The van der Waals surface area contributed by atoms with Crippen molar-refractivity contribution in [3.05, 3.63) is 33.8 Å². The molecule has 112 valence electrons. The maximum Gasteiger partial charge on any atom is 0.223 e. The second-order valence-corrected chi connectivity index (χ2v) is 5.77. The Balaban J connectivity index is 2.55. The molecular weight excluding hydrogens is 299 g/mol. The molecular formula is C14H20Cl2N2O2. The average molecular weight is 319 g/mol. The standard InChI is InChI=1S/C14H20Cl2N2O2/c1-9(7-13(20)18(2)3)17-8-12(19)14-10(15)5-4-6-11(14)16/h4-6,9,12,17,19H,7-8H2,1-3H3. The zero-order valence-electron chi connectivity index (χ0n) is 11.9. The molecule has 20 heavy (non-hydrogen) atoms. The Morgan fingerprint density at radius 1 is 1.35 bits per heavy atom. The molecule has 2 N–H and O–H groups in total. The summed E-state index contributed by atoms with van der Waals surface area (Å²) >= 11 is 12.1. The molecule has 0 radical (unpaired) electrons. The van der Waals surface area contributed by atoms with Crippen molar-refractivity contribution < 1.29 is 9.90 Å². The van der Waals surface area contributed by atoms with Gasteiger partial charge in [0.15, 0.2) is 0 Å². The summed E-state index contributed by atoms with van der Waals surface area (Å²) in [6.07, 6.45) is -0.441. The van der Waals surface area contributed by atoms with Gasteiger partial charge in [0.1, 0.15) is 0 Å². The number of rotatable bonds is 6.